The van der Waals surface area contributed by atoms with Crippen LogP contribution in [0.4, 0.5) is 24.0 Å². The molecule has 1 saturated heterocycles. The molecule has 1 fully saturated rings. The van der Waals surface area contributed by atoms with Crippen LogP contribution in [-0.2, 0) is 20.5 Å². The van der Waals surface area contributed by atoms with Crippen molar-refractivity contribution in [3.8, 4) is 0 Å². The fourth-order valence-electron chi connectivity index (χ4n) is 3.25. The van der Waals surface area contributed by atoms with Gasteiger partial charge in [-0.25, -0.2) is 4.98 Å². The van der Waals surface area contributed by atoms with Gasteiger partial charge >= 0.3 is 12.1 Å². The molecule has 12 heteroatoms. The molecule has 166 valence electrons. The van der Waals surface area contributed by atoms with E-state index in [4.69, 9.17) is 10.5 Å². The lowest BCUT2D eigenvalue weighted by Gasteiger charge is -2.33. The van der Waals surface area contributed by atoms with Crippen LogP contribution in [0.15, 0.2) is 29.8 Å². The van der Waals surface area contributed by atoms with Crippen molar-refractivity contribution >= 4 is 39.9 Å². The average Bonchev–Trinajstić information content (AvgIpc) is 3.20. The molecule has 3 N–H and O–H groups in total. The first-order valence-corrected chi connectivity index (χ1v) is 10.2. The number of carbonyl (C=O) groups excluding carboxylic acids is 3. The maximum atomic E-state index is 13.3. The molecule has 2 aromatic rings. The topological polar surface area (TPSA) is 115 Å². The number of pyridine rings is 1. The Morgan fingerprint density at radius 1 is 1.32 bits per heavy atom. The lowest BCUT2D eigenvalue weighted by Crippen LogP contribution is -2.41. The Kier molecular flexibility index (Phi) is 6.78. The highest BCUT2D eigenvalue weighted by atomic mass is 32.1. The first-order chi connectivity index (χ1) is 14.7. The maximum Gasteiger partial charge on any atom is 0.419 e. The van der Waals surface area contributed by atoms with Crippen molar-refractivity contribution in [2.45, 2.75) is 19.0 Å². The Morgan fingerprint density at radius 3 is 2.81 bits per heavy atom. The molecule has 0 aromatic carbocycles. The molecule has 2 amide bonds. The summed E-state index contributed by atoms with van der Waals surface area (Å²) in [4.78, 5) is 41.0. The third-order valence-corrected chi connectivity index (χ3v) is 5.51. The van der Waals surface area contributed by atoms with E-state index in [1.165, 1.54) is 23.2 Å². The molecule has 1 aliphatic rings. The first kappa shape index (κ1) is 22.5. The predicted octanol–water partition coefficient (Wildman–Crippen LogP) is 2.66. The van der Waals surface area contributed by atoms with Crippen LogP contribution in [0.3, 0.4) is 0 Å². The molecule has 31 heavy (non-hydrogen) atoms. The Hall–Kier alpha value is -3.15. The number of thiophene rings is 1. The van der Waals surface area contributed by atoms with Crippen molar-refractivity contribution in [1.29, 1.82) is 0 Å². The summed E-state index contributed by atoms with van der Waals surface area (Å²) in [7, 11) is 0. The molecule has 0 bridgehead atoms. The summed E-state index contributed by atoms with van der Waals surface area (Å²) in [5.74, 6) is -2.99. The number of nitrogens with one attached hydrogen (secondary N) is 1. The molecule has 3 rings (SSSR count). The van der Waals surface area contributed by atoms with E-state index in [1.54, 1.807) is 5.38 Å². The van der Waals surface area contributed by atoms with E-state index in [0.717, 1.165) is 17.4 Å². The second kappa shape index (κ2) is 9.33. The second-order valence-corrected chi connectivity index (χ2v) is 7.76. The fraction of sp³-hybridized carbons (Fsp3) is 0.368. The standard InChI is InChI=1S/C19H19F3N4O4S/c20-19(21,22)13-4-1-6-24-16(13)26-7-2-3-11(9-26)18(29)30-10-14(27)25-17-12(15(23)28)5-8-31-17/h1,4-6,8,11H,2-3,7,9-10H2,(H2,23,28)(H,25,27)/t11-/m0/s1. The summed E-state index contributed by atoms with van der Waals surface area (Å²) in [6, 6.07) is 3.61. The molecule has 0 radical (unpaired) electrons. The molecule has 8 nitrogen and oxygen atoms in total. The number of ether oxygens (including phenoxy) is 1. The van der Waals surface area contributed by atoms with E-state index in [9.17, 15) is 27.6 Å². The molecule has 0 aliphatic carbocycles. The van der Waals surface area contributed by atoms with Gasteiger partial charge in [0.25, 0.3) is 11.8 Å². The fourth-order valence-corrected chi connectivity index (χ4v) is 4.06. The van der Waals surface area contributed by atoms with Crippen molar-refractivity contribution in [3.05, 3.63) is 40.9 Å². The van der Waals surface area contributed by atoms with E-state index in [-0.39, 0.29) is 22.9 Å². The monoisotopic (exact) mass is 456 g/mol. The predicted molar refractivity (Wildman–Crippen MR) is 107 cm³/mol. The summed E-state index contributed by atoms with van der Waals surface area (Å²) in [6.45, 7) is -0.279. The van der Waals surface area contributed by atoms with Crippen molar-refractivity contribution in [1.82, 2.24) is 4.98 Å². The summed E-state index contributed by atoms with van der Waals surface area (Å²) in [6.07, 6.45) is -2.42. The van der Waals surface area contributed by atoms with Crippen LogP contribution in [0.1, 0.15) is 28.8 Å². The Morgan fingerprint density at radius 2 is 2.10 bits per heavy atom. The smallest absolute Gasteiger partial charge is 0.419 e. The molecule has 2 aromatic heterocycles. The number of hydrogen-bond donors (Lipinski definition) is 2. The molecule has 0 unspecified atom stereocenters. The zero-order valence-corrected chi connectivity index (χ0v) is 17.0. The highest BCUT2D eigenvalue weighted by Crippen LogP contribution is 2.36. The van der Waals surface area contributed by atoms with Crippen LogP contribution in [-0.4, -0.2) is 42.5 Å². The first-order valence-electron chi connectivity index (χ1n) is 9.27. The van der Waals surface area contributed by atoms with Crippen molar-refractivity contribution in [2.75, 3.05) is 29.9 Å². The molecular formula is C19H19F3N4O4S. The summed E-state index contributed by atoms with van der Waals surface area (Å²) >= 11 is 1.09. The van der Waals surface area contributed by atoms with Crippen molar-refractivity contribution in [2.24, 2.45) is 11.7 Å². The summed E-state index contributed by atoms with van der Waals surface area (Å²) in [5.41, 5.74) is 4.48. The number of esters is 1. The highest BCUT2D eigenvalue weighted by Gasteiger charge is 2.37. The lowest BCUT2D eigenvalue weighted by atomic mass is 9.98. The van der Waals surface area contributed by atoms with Gasteiger partial charge in [0.2, 0.25) is 0 Å². The summed E-state index contributed by atoms with van der Waals surface area (Å²) in [5, 5.41) is 4.26. The van der Waals surface area contributed by atoms with Gasteiger partial charge in [-0.05, 0) is 36.4 Å². The normalized spacial score (nSPS) is 16.6. The molecule has 3 heterocycles. The number of nitrogens with two attached hydrogens (primary N) is 1. The third-order valence-electron chi connectivity index (χ3n) is 4.68. The minimum Gasteiger partial charge on any atom is -0.455 e. The minimum absolute atomic E-state index is 0.00268. The van der Waals surface area contributed by atoms with E-state index in [0.29, 0.717) is 19.4 Å². The van der Waals surface area contributed by atoms with Gasteiger partial charge in [-0.3, -0.25) is 14.4 Å². The number of halogens is 3. The molecule has 1 atom stereocenters. The average molecular weight is 456 g/mol. The quantitative estimate of drug-likeness (QED) is 0.646. The van der Waals surface area contributed by atoms with Gasteiger partial charge in [0.15, 0.2) is 6.61 Å². The van der Waals surface area contributed by atoms with Crippen molar-refractivity contribution in [3.63, 3.8) is 0 Å². The van der Waals surface area contributed by atoms with Crippen LogP contribution in [0.2, 0.25) is 0 Å². The number of rotatable bonds is 6. The van der Waals surface area contributed by atoms with Gasteiger partial charge < -0.3 is 20.7 Å². The number of piperidine rings is 1. The van der Waals surface area contributed by atoms with Gasteiger partial charge in [-0.1, -0.05) is 0 Å². The van der Waals surface area contributed by atoms with Gasteiger partial charge in [-0.2, -0.15) is 13.2 Å². The number of nitrogens with zero attached hydrogens (tertiary/aromatic N) is 2. The Labute approximate surface area is 179 Å². The zero-order valence-electron chi connectivity index (χ0n) is 16.1. The number of anilines is 2. The molecule has 1 aliphatic heterocycles. The van der Waals surface area contributed by atoms with E-state index in [1.807, 2.05) is 0 Å². The van der Waals surface area contributed by atoms with Gasteiger partial charge in [0, 0.05) is 19.3 Å². The highest BCUT2D eigenvalue weighted by molar-refractivity contribution is 7.14. The van der Waals surface area contributed by atoms with Gasteiger partial charge in [0.1, 0.15) is 10.8 Å². The SMILES string of the molecule is NC(=O)c1ccsc1NC(=O)COC(=O)[C@H]1CCCN(c2ncccc2C(F)(F)F)C1. The molecule has 0 saturated carbocycles. The Bertz CT molecular complexity index is 979. The van der Waals surface area contributed by atoms with Gasteiger partial charge in [0.05, 0.1) is 17.0 Å². The summed E-state index contributed by atoms with van der Waals surface area (Å²) < 4.78 is 44.9. The number of alkyl halides is 3. The number of hydrogen-bond acceptors (Lipinski definition) is 7. The van der Waals surface area contributed by atoms with Crippen LogP contribution in [0.5, 0.6) is 0 Å². The number of aromatic nitrogens is 1. The van der Waals surface area contributed by atoms with Crippen molar-refractivity contribution < 1.29 is 32.3 Å². The van der Waals surface area contributed by atoms with E-state index in [2.05, 4.69) is 10.3 Å². The molecule has 0 spiro atoms. The Balaban J connectivity index is 1.59. The van der Waals surface area contributed by atoms with Crippen LogP contribution < -0.4 is 16.0 Å². The van der Waals surface area contributed by atoms with Crippen LogP contribution >= 0.6 is 11.3 Å². The zero-order chi connectivity index (χ0) is 22.6. The number of carbonyl (C=O) groups is 3. The number of primary amides is 1. The lowest BCUT2D eigenvalue weighted by molar-refractivity contribution is -0.151. The third kappa shape index (κ3) is 5.51. The van der Waals surface area contributed by atoms with Gasteiger partial charge in [-0.15, -0.1) is 11.3 Å². The van der Waals surface area contributed by atoms with E-state index < -0.39 is 42.0 Å². The maximum absolute atomic E-state index is 13.3. The minimum atomic E-state index is -4.57. The van der Waals surface area contributed by atoms with Crippen LogP contribution in [0.25, 0.3) is 0 Å². The number of amides is 2. The second-order valence-electron chi connectivity index (χ2n) is 6.84. The van der Waals surface area contributed by atoms with Crippen LogP contribution in [0, 0.1) is 5.92 Å². The molecular weight excluding hydrogens is 437 g/mol. The van der Waals surface area contributed by atoms with E-state index >= 15 is 0 Å². The largest absolute Gasteiger partial charge is 0.455 e.